The van der Waals surface area contributed by atoms with Crippen LogP contribution in [0.15, 0.2) is 0 Å². The van der Waals surface area contributed by atoms with E-state index in [0.717, 1.165) is 12.5 Å². The second-order valence-corrected chi connectivity index (χ2v) is 4.35. The van der Waals surface area contributed by atoms with Gasteiger partial charge in [-0.05, 0) is 39.4 Å². The lowest BCUT2D eigenvalue weighted by atomic mass is 9.96. The van der Waals surface area contributed by atoms with E-state index in [-0.39, 0.29) is 0 Å². The van der Waals surface area contributed by atoms with Crippen molar-refractivity contribution >= 4 is 0 Å². The summed E-state index contributed by atoms with van der Waals surface area (Å²) < 4.78 is 5.11. The largest absolute Gasteiger partial charge is 0.385 e. The average molecular weight is 201 g/mol. The van der Waals surface area contributed by atoms with Crippen LogP contribution in [0.3, 0.4) is 0 Å². The summed E-state index contributed by atoms with van der Waals surface area (Å²) in [5, 5.41) is 0. The number of methoxy groups -OCH3 is 1. The average Bonchev–Trinajstić information content (AvgIpc) is 2.16. The molecule has 0 N–H and O–H groups in total. The molecule has 0 saturated heterocycles. The predicted octanol–water partition coefficient (Wildman–Crippen LogP) is 2.78. The van der Waals surface area contributed by atoms with Gasteiger partial charge in [0.15, 0.2) is 0 Å². The molecule has 0 aliphatic carbocycles. The Labute approximate surface area is 89.6 Å². The molecule has 0 aromatic heterocycles. The van der Waals surface area contributed by atoms with Crippen molar-refractivity contribution < 1.29 is 4.74 Å². The first-order chi connectivity index (χ1) is 6.70. The van der Waals surface area contributed by atoms with Crippen LogP contribution in [0.2, 0.25) is 0 Å². The molecule has 1 atom stereocenters. The number of hydrogen-bond donors (Lipinski definition) is 0. The fraction of sp³-hybridized carbons (Fsp3) is 1.00. The molecule has 0 rings (SSSR count). The number of unbranched alkanes of at least 4 members (excludes halogenated alkanes) is 1. The fourth-order valence-corrected chi connectivity index (χ4v) is 1.70. The van der Waals surface area contributed by atoms with Gasteiger partial charge in [0.05, 0.1) is 0 Å². The van der Waals surface area contributed by atoms with Crippen molar-refractivity contribution in [3.63, 3.8) is 0 Å². The maximum absolute atomic E-state index is 5.11. The fourth-order valence-electron chi connectivity index (χ4n) is 1.70. The number of rotatable bonds is 9. The van der Waals surface area contributed by atoms with E-state index in [9.17, 15) is 0 Å². The second kappa shape index (κ2) is 9.47. The van der Waals surface area contributed by atoms with Crippen LogP contribution >= 0.6 is 0 Å². The van der Waals surface area contributed by atoms with Gasteiger partial charge in [-0.1, -0.05) is 26.2 Å². The van der Waals surface area contributed by atoms with E-state index in [1.54, 1.807) is 7.11 Å². The Morgan fingerprint density at radius 2 is 1.86 bits per heavy atom. The van der Waals surface area contributed by atoms with Crippen LogP contribution in [0.25, 0.3) is 0 Å². The van der Waals surface area contributed by atoms with Crippen LogP contribution in [-0.4, -0.2) is 39.3 Å². The lowest BCUT2D eigenvalue weighted by Crippen LogP contribution is -2.13. The summed E-state index contributed by atoms with van der Waals surface area (Å²) in [4.78, 5) is 2.26. The standard InChI is InChI=1S/C12H27NO/c1-5-12(9-11-14-4)8-6-7-10-13(2)3/h12H,5-11H2,1-4H3/t12-/m1/s1. The quantitative estimate of drug-likeness (QED) is 0.532. The molecular weight excluding hydrogens is 174 g/mol. The van der Waals surface area contributed by atoms with Crippen LogP contribution in [-0.2, 0) is 4.74 Å². The van der Waals surface area contributed by atoms with Crippen LogP contribution in [0, 0.1) is 5.92 Å². The molecule has 0 fully saturated rings. The summed E-state index contributed by atoms with van der Waals surface area (Å²) in [6, 6.07) is 0. The molecule has 0 spiro atoms. The number of nitrogens with zero attached hydrogens (tertiary/aromatic N) is 1. The molecule has 0 aliphatic rings. The molecule has 0 aliphatic heterocycles. The van der Waals surface area contributed by atoms with E-state index < -0.39 is 0 Å². The summed E-state index contributed by atoms with van der Waals surface area (Å²) in [7, 11) is 6.07. The summed E-state index contributed by atoms with van der Waals surface area (Å²) in [6.07, 6.45) is 6.59. The highest BCUT2D eigenvalue weighted by Crippen LogP contribution is 2.16. The van der Waals surface area contributed by atoms with Crippen LogP contribution in [0.1, 0.15) is 39.0 Å². The minimum Gasteiger partial charge on any atom is -0.385 e. The zero-order valence-electron chi connectivity index (χ0n) is 10.4. The Morgan fingerprint density at radius 1 is 1.14 bits per heavy atom. The van der Waals surface area contributed by atoms with Gasteiger partial charge in [-0.25, -0.2) is 0 Å². The van der Waals surface area contributed by atoms with Crippen LogP contribution in [0.5, 0.6) is 0 Å². The maximum Gasteiger partial charge on any atom is 0.0464 e. The lowest BCUT2D eigenvalue weighted by molar-refractivity contribution is 0.172. The topological polar surface area (TPSA) is 12.5 Å². The minimum atomic E-state index is 0.872. The molecule has 2 nitrogen and oxygen atoms in total. The number of hydrogen-bond acceptors (Lipinski definition) is 2. The molecule has 0 radical (unpaired) electrons. The molecule has 2 heteroatoms. The third kappa shape index (κ3) is 8.52. The molecule has 86 valence electrons. The van der Waals surface area contributed by atoms with Gasteiger partial charge >= 0.3 is 0 Å². The molecular formula is C12H27NO. The van der Waals surface area contributed by atoms with E-state index >= 15 is 0 Å². The van der Waals surface area contributed by atoms with Crippen molar-refractivity contribution in [2.45, 2.75) is 39.0 Å². The summed E-state index contributed by atoms with van der Waals surface area (Å²) in [5.74, 6) is 0.872. The first-order valence-electron chi connectivity index (χ1n) is 5.84. The van der Waals surface area contributed by atoms with Gasteiger partial charge in [0.1, 0.15) is 0 Å². The van der Waals surface area contributed by atoms with Gasteiger partial charge in [-0.15, -0.1) is 0 Å². The molecule has 0 aromatic carbocycles. The molecule has 0 aromatic rings. The third-order valence-corrected chi connectivity index (χ3v) is 2.78. The van der Waals surface area contributed by atoms with Gasteiger partial charge < -0.3 is 9.64 Å². The van der Waals surface area contributed by atoms with E-state index in [1.807, 2.05) is 0 Å². The smallest absolute Gasteiger partial charge is 0.0464 e. The Balaban J connectivity index is 3.33. The summed E-state index contributed by atoms with van der Waals surface area (Å²) >= 11 is 0. The zero-order chi connectivity index (χ0) is 10.8. The SMILES string of the molecule is CC[C@H](CCCCN(C)C)CCOC. The van der Waals surface area contributed by atoms with Crippen molar-refractivity contribution in [2.24, 2.45) is 5.92 Å². The van der Waals surface area contributed by atoms with Gasteiger partial charge in [-0.3, -0.25) is 0 Å². The van der Waals surface area contributed by atoms with Crippen molar-refractivity contribution in [1.29, 1.82) is 0 Å². The second-order valence-electron chi connectivity index (χ2n) is 4.35. The molecule has 0 bridgehead atoms. The maximum atomic E-state index is 5.11. The van der Waals surface area contributed by atoms with Crippen molar-refractivity contribution in [1.82, 2.24) is 4.90 Å². The summed E-state index contributed by atoms with van der Waals surface area (Å²) in [5.41, 5.74) is 0. The Hall–Kier alpha value is -0.0800. The monoisotopic (exact) mass is 201 g/mol. The summed E-state index contributed by atoms with van der Waals surface area (Å²) in [6.45, 7) is 4.43. The minimum absolute atomic E-state index is 0.872. The van der Waals surface area contributed by atoms with Crippen LogP contribution < -0.4 is 0 Å². The van der Waals surface area contributed by atoms with Gasteiger partial charge in [0.25, 0.3) is 0 Å². The Morgan fingerprint density at radius 3 is 2.36 bits per heavy atom. The van der Waals surface area contributed by atoms with Gasteiger partial charge in [-0.2, -0.15) is 0 Å². The molecule has 0 heterocycles. The molecule has 0 saturated carbocycles. The molecule has 0 unspecified atom stereocenters. The van der Waals surface area contributed by atoms with Crippen molar-refractivity contribution in [2.75, 3.05) is 34.4 Å². The highest BCUT2D eigenvalue weighted by Gasteiger charge is 2.05. The normalized spacial score (nSPS) is 13.5. The zero-order valence-corrected chi connectivity index (χ0v) is 10.4. The van der Waals surface area contributed by atoms with Gasteiger partial charge in [0, 0.05) is 13.7 Å². The molecule has 14 heavy (non-hydrogen) atoms. The molecule has 0 amide bonds. The Bertz CT molecular complexity index is 115. The Kier molecular flexibility index (Phi) is 9.42. The predicted molar refractivity (Wildman–Crippen MR) is 62.7 cm³/mol. The van der Waals surface area contributed by atoms with E-state index in [2.05, 4.69) is 25.9 Å². The van der Waals surface area contributed by atoms with E-state index in [0.29, 0.717) is 0 Å². The van der Waals surface area contributed by atoms with E-state index in [4.69, 9.17) is 4.74 Å². The first kappa shape index (κ1) is 13.9. The van der Waals surface area contributed by atoms with Crippen LogP contribution in [0.4, 0.5) is 0 Å². The third-order valence-electron chi connectivity index (χ3n) is 2.78. The lowest BCUT2D eigenvalue weighted by Gasteiger charge is -2.15. The van der Waals surface area contributed by atoms with Crippen molar-refractivity contribution in [3.8, 4) is 0 Å². The van der Waals surface area contributed by atoms with E-state index in [1.165, 1.54) is 38.6 Å². The highest BCUT2D eigenvalue weighted by molar-refractivity contribution is 4.58. The van der Waals surface area contributed by atoms with Crippen molar-refractivity contribution in [3.05, 3.63) is 0 Å². The van der Waals surface area contributed by atoms with Gasteiger partial charge in [0.2, 0.25) is 0 Å². The highest BCUT2D eigenvalue weighted by atomic mass is 16.5. The first-order valence-corrected chi connectivity index (χ1v) is 5.84. The number of ether oxygens (including phenoxy) is 1.